The van der Waals surface area contributed by atoms with E-state index < -0.39 is 42.5 Å². The molecule has 1 aromatic heterocycles. The maximum absolute atomic E-state index is 13.0. The summed E-state index contributed by atoms with van der Waals surface area (Å²) >= 11 is 1.18. The normalized spacial score (nSPS) is 11.3. The molecule has 0 bridgehead atoms. The Hall–Kier alpha value is -3.12. The molecule has 0 saturated heterocycles. The number of hydrogen-bond donors (Lipinski definition) is 1. The average molecular weight is 375 g/mol. The van der Waals surface area contributed by atoms with Crippen LogP contribution in [-0.4, -0.2) is 35.8 Å². The second-order valence-electron chi connectivity index (χ2n) is 5.21. The Morgan fingerprint density at radius 1 is 1.42 bits per heavy atom. The van der Waals surface area contributed by atoms with Crippen molar-refractivity contribution in [1.82, 2.24) is 10.3 Å². The molecular weight excluding hydrogens is 361 g/mol. The zero-order chi connectivity index (χ0) is 19.1. The number of hydrogen-bond acceptors (Lipinski definition) is 7. The smallest absolute Gasteiger partial charge is 0.325 e. The average Bonchev–Trinajstić information content (AvgIpc) is 3.04. The first-order valence-electron chi connectivity index (χ1n) is 7.44. The Labute approximate surface area is 152 Å². The van der Waals surface area contributed by atoms with Crippen LogP contribution in [0.4, 0.5) is 4.39 Å². The molecule has 1 aromatic carbocycles. The molecule has 7 nitrogen and oxygen atoms in total. The van der Waals surface area contributed by atoms with Gasteiger partial charge in [0.25, 0.3) is 5.91 Å². The minimum absolute atomic E-state index is 0.0533. The number of nitriles is 1. The van der Waals surface area contributed by atoms with E-state index in [9.17, 15) is 18.8 Å². The van der Waals surface area contributed by atoms with E-state index in [2.05, 4.69) is 10.3 Å². The van der Waals surface area contributed by atoms with Gasteiger partial charge in [-0.2, -0.15) is 5.26 Å². The minimum atomic E-state index is -1.11. The summed E-state index contributed by atoms with van der Waals surface area (Å²) in [5.41, 5.74) is 0.743. The lowest BCUT2D eigenvalue weighted by molar-refractivity contribution is -0.146. The van der Waals surface area contributed by atoms with Crippen LogP contribution in [0.2, 0.25) is 0 Å². The van der Waals surface area contributed by atoms with Crippen LogP contribution in [0.3, 0.4) is 0 Å². The molecule has 1 amide bonds. The molecule has 1 atom stereocenters. The summed E-state index contributed by atoms with van der Waals surface area (Å²) in [5, 5.41) is 13.4. The number of thiazole rings is 1. The van der Waals surface area contributed by atoms with Gasteiger partial charge in [-0.15, -0.1) is 11.3 Å². The number of aryl methyl sites for hydroxylation is 1. The number of amides is 1. The van der Waals surface area contributed by atoms with Gasteiger partial charge in [0.1, 0.15) is 17.4 Å². The van der Waals surface area contributed by atoms with Crippen LogP contribution >= 0.6 is 11.3 Å². The van der Waals surface area contributed by atoms with Crippen molar-refractivity contribution >= 4 is 29.0 Å². The van der Waals surface area contributed by atoms with Crippen LogP contribution < -0.4 is 5.32 Å². The highest BCUT2D eigenvalue weighted by Gasteiger charge is 2.24. The van der Waals surface area contributed by atoms with Crippen molar-refractivity contribution in [1.29, 1.82) is 5.26 Å². The number of aromatic nitrogens is 1. The molecule has 0 aliphatic carbocycles. The first-order valence-corrected chi connectivity index (χ1v) is 8.32. The molecule has 134 valence electrons. The molecule has 2 rings (SSSR count). The molecule has 0 spiro atoms. The Kier molecular flexibility index (Phi) is 6.52. The van der Waals surface area contributed by atoms with E-state index in [1.807, 2.05) is 6.07 Å². The van der Waals surface area contributed by atoms with E-state index >= 15 is 0 Å². The quantitative estimate of drug-likeness (QED) is 0.738. The lowest BCUT2D eigenvalue weighted by Crippen LogP contribution is -2.32. The molecule has 0 saturated carbocycles. The molecule has 1 N–H and O–H groups in total. The van der Waals surface area contributed by atoms with Crippen molar-refractivity contribution in [3.05, 3.63) is 51.7 Å². The molecular formula is C17H14FN3O4S. The number of carbonyl (C=O) groups is 3. The fourth-order valence-corrected chi connectivity index (χ4v) is 2.80. The van der Waals surface area contributed by atoms with Crippen LogP contribution in [0.5, 0.6) is 0 Å². The molecule has 0 unspecified atom stereocenters. The SMILES string of the molecule is Cc1csc([C@@H](C#N)C(=O)COC(=O)CNC(=O)c2cccc(F)c2)n1. The van der Waals surface area contributed by atoms with Gasteiger partial charge < -0.3 is 10.1 Å². The van der Waals surface area contributed by atoms with Gasteiger partial charge in [-0.1, -0.05) is 6.07 Å². The number of esters is 1. The number of ether oxygens (including phenoxy) is 1. The summed E-state index contributed by atoms with van der Waals surface area (Å²) in [6, 6.07) is 6.80. The second-order valence-corrected chi connectivity index (χ2v) is 6.10. The standard InChI is InChI=1S/C17H14FN3O4S/c1-10-9-26-17(21-10)13(6-19)14(22)8-25-15(23)7-20-16(24)11-3-2-4-12(18)5-11/h2-5,9,13H,7-8H2,1H3,(H,20,24)/t13-/m0/s1. The van der Waals surface area contributed by atoms with E-state index in [0.717, 1.165) is 6.07 Å². The molecule has 2 aromatic rings. The first-order chi connectivity index (χ1) is 12.4. The van der Waals surface area contributed by atoms with E-state index in [1.165, 1.54) is 29.5 Å². The third-order valence-corrected chi connectivity index (χ3v) is 4.22. The predicted molar refractivity (Wildman–Crippen MR) is 89.9 cm³/mol. The summed E-state index contributed by atoms with van der Waals surface area (Å²) in [4.78, 5) is 39.5. The number of ketones is 1. The van der Waals surface area contributed by atoms with Gasteiger partial charge >= 0.3 is 5.97 Å². The number of rotatable bonds is 7. The van der Waals surface area contributed by atoms with Crippen molar-refractivity contribution in [2.24, 2.45) is 0 Å². The van der Waals surface area contributed by atoms with Crippen molar-refractivity contribution < 1.29 is 23.5 Å². The van der Waals surface area contributed by atoms with Crippen molar-refractivity contribution in [3.8, 4) is 6.07 Å². The van der Waals surface area contributed by atoms with E-state index in [4.69, 9.17) is 10.00 Å². The van der Waals surface area contributed by atoms with Gasteiger partial charge in [0, 0.05) is 16.6 Å². The third-order valence-electron chi connectivity index (χ3n) is 3.19. The second kappa shape index (κ2) is 8.82. The molecule has 9 heteroatoms. The Bertz CT molecular complexity index is 875. The van der Waals surface area contributed by atoms with E-state index in [1.54, 1.807) is 12.3 Å². The van der Waals surface area contributed by atoms with Crippen LogP contribution in [0.15, 0.2) is 29.6 Å². The predicted octanol–water partition coefficient (Wildman–Crippen LogP) is 1.74. The highest BCUT2D eigenvalue weighted by molar-refractivity contribution is 7.09. The van der Waals surface area contributed by atoms with Crippen molar-refractivity contribution in [2.45, 2.75) is 12.8 Å². The van der Waals surface area contributed by atoms with Crippen LogP contribution in [0.1, 0.15) is 27.0 Å². The van der Waals surface area contributed by atoms with E-state index in [-0.39, 0.29) is 5.56 Å². The summed E-state index contributed by atoms with van der Waals surface area (Å²) in [5.74, 6) is -3.79. The van der Waals surface area contributed by atoms with E-state index in [0.29, 0.717) is 10.7 Å². The zero-order valence-corrected chi connectivity index (χ0v) is 14.5. The first kappa shape index (κ1) is 19.2. The lowest BCUT2D eigenvalue weighted by atomic mass is 10.1. The molecule has 0 aliphatic heterocycles. The van der Waals surface area contributed by atoms with Gasteiger partial charge in [-0.3, -0.25) is 14.4 Å². The van der Waals surface area contributed by atoms with Gasteiger partial charge in [0.05, 0.1) is 6.07 Å². The number of benzene rings is 1. The monoisotopic (exact) mass is 375 g/mol. The maximum Gasteiger partial charge on any atom is 0.325 e. The Morgan fingerprint density at radius 2 is 2.19 bits per heavy atom. The van der Waals surface area contributed by atoms with Gasteiger partial charge in [-0.05, 0) is 25.1 Å². The number of Topliss-reactive ketones (excluding diaryl/α,β-unsaturated/α-hetero) is 1. The number of nitrogens with one attached hydrogen (secondary N) is 1. The largest absolute Gasteiger partial charge is 0.456 e. The molecule has 1 heterocycles. The highest BCUT2D eigenvalue weighted by Crippen LogP contribution is 2.20. The minimum Gasteiger partial charge on any atom is -0.456 e. The number of halogens is 1. The van der Waals surface area contributed by atoms with Crippen molar-refractivity contribution in [3.63, 3.8) is 0 Å². The van der Waals surface area contributed by atoms with Gasteiger partial charge in [0.2, 0.25) is 0 Å². The summed E-state index contributed by atoms with van der Waals surface area (Å²) in [7, 11) is 0. The molecule has 26 heavy (non-hydrogen) atoms. The fourth-order valence-electron chi connectivity index (χ4n) is 1.94. The highest BCUT2D eigenvalue weighted by atomic mass is 32.1. The summed E-state index contributed by atoms with van der Waals surface area (Å²) < 4.78 is 17.8. The van der Waals surface area contributed by atoms with Gasteiger partial charge in [-0.25, -0.2) is 9.37 Å². The van der Waals surface area contributed by atoms with Gasteiger partial charge in [0.15, 0.2) is 18.3 Å². The molecule has 0 fully saturated rings. The lowest BCUT2D eigenvalue weighted by Gasteiger charge is -2.08. The summed E-state index contributed by atoms with van der Waals surface area (Å²) in [6.45, 7) is 0.641. The number of nitrogens with zero attached hydrogens (tertiary/aromatic N) is 2. The molecule has 0 aliphatic rings. The number of carbonyl (C=O) groups excluding carboxylic acids is 3. The fraction of sp³-hybridized carbons (Fsp3) is 0.235. The zero-order valence-electron chi connectivity index (χ0n) is 13.7. The topological polar surface area (TPSA) is 109 Å². The third kappa shape index (κ3) is 5.19. The Balaban J connectivity index is 1.81. The molecule has 0 radical (unpaired) electrons. The van der Waals surface area contributed by atoms with Crippen molar-refractivity contribution in [2.75, 3.05) is 13.2 Å². The summed E-state index contributed by atoms with van der Waals surface area (Å²) in [6.07, 6.45) is 0. The van der Waals surface area contributed by atoms with Crippen LogP contribution in [0.25, 0.3) is 0 Å². The maximum atomic E-state index is 13.0. The Morgan fingerprint density at radius 3 is 2.81 bits per heavy atom. The van der Waals surface area contributed by atoms with Crippen LogP contribution in [0, 0.1) is 24.1 Å². The van der Waals surface area contributed by atoms with Crippen LogP contribution in [-0.2, 0) is 14.3 Å².